The van der Waals surface area contributed by atoms with Crippen molar-refractivity contribution >= 4 is 10.8 Å². The minimum atomic E-state index is -0.295. The lowest BCUT2D eigenvalue weighted by Crippen LogP contribution is -2.23. The summed E-state index contributed by atoms with van der Waals surface area (Å²) in [6.07, 6.45) is 1.54. The summed E-state index contributed by atoms with van der Waals surface area (Å²) in [5.74, 6) is 0.783. The third-order valence-corrected chi connectivity index (χ3v) is 4.91. The number of hydrogen-bond donors (Lipinski definition) is 0. The fraction of sp³-hybridized carbons (Fsp3) is 0.130. The number of ether oxygens (including phenoxy) is 2. The molecule has 3 aromatic carbocycles. The standard InChI is InChI=1S/C23H18N2O3/c26-22-12-13-25-14-19(28-23(25)24-22)15-27-18-10-8-17(9-11-18)21-7-3-5-16-4-1-2-6-20(16)21/h1-13,19H,14-15H2. The zero-order valence-corrected chi connectivity index (χ0v) is 15.1. The molecule has 0 bridgehead atoms. The normalized spacial score (nSPS) is 15.2. The molecule has 0 aliphatic carbocycles. The van der Waals surface area contributed by atoms with Gasteiger partial charge >= 0.3 is 0 Å². The molecule has 5 rings (SSSR count). The molecule has 0 amide bonds. The molecule has 0 fully saturated rings. The highest BCUT2D eigenvalue weighted by Gasteiger charge is 2.23. The molecule has 4 aromatic rings. The Labute approximate surface area is 161 Å². The highest BCUT2D eigenvalue weighted by atomic mass is 16.6. The van der Waals surface area contributed by atoms with Crippen LogP contribution in [0.25, 0.3) is 21.9 Å². The first-order valence-electron chi connectivity index (χ1n) is 9.21. The number of rotatable bonds is 4. The number of aromatic nitrogens is 2. The van der Waals surface area contributed by atoms with Crippen LogP contribution in [0.4, 0.5) is 0 Å². The van der Waals surface area contributed by atoms with Crippen molar-refractivity contribution in [3.63, 3.8) is 0 Å². The fourth-order valence-corrected chi connectivity index (χ4v) is 3.54. The maximum absolute atomic E-state index is 11.3. The van der Waals surface area contributed by atoms with Gasteiger partial charge in [0, 0.05) is 12.3 Å². The summed E-state index contributed by atoms with van der Waals surface area (Å²) in [7, 11) is 0. The Morgan fingerprint density at radius 1 is 1.00 bits per heavy atom. The van der Waals surface area contributed by atoms with Crippen molar-refractivity contribution in [2.75, 3.05) is 6.61 Å². The van der Waals surface area contributed by atoms with Crippen molar-refractivity contribution in [1.82, 2.24) is 9.55 Å². The molecule has 1 atom stereocenters. The van der Waals surface area contributed by atoms with E-state index in [4.69, 9.17) is 9.47 Å². The van der Waals surface area contributed by atoms with Crippen LogP contribution in [-0.4, -0.2) is 22.3 Å². The molecule has 1 aliphatic rings. The Morgan fingerprint density at radius 2 is 1.82 bits per heavy atom. The molecule has 0 radical (unpaired) electrons. The molecule has 0 N–H and O–H groups in total. The summed E-state index contributed by atoms with van der Waals surface area (Å²) in [6, 6.07) is 24.6. The van der Waals surface area contributed by atoms with Crippen LogP contribution in [0.15, 0.2) is 83.8 Å². The SMILES string of the molecule is O=c1ccn2c(n1)OC(COc1ccc(-c3cccc4ccccc34)cc1)C2. The van der Waals surface area contributed by atoms with E-state index in [1.54, 1.807) is 6.20 Å². The third kappa shape index (κ3) is 3.11. The van der Waals surface area contributed by atoms with E-state index in [1.807, 2.05) is 16.7 Å². The molecule has 0 spiro atoms. The monoisotopic (exact) mass is 370 g/mol. The summed E-state index contributed by atoms with van der Waals surface area (Å²) in [5, 5.41) is 2.46. The summed E-state index contributed by atoms with van der Waals surface area (Å²) in [4.78, 5) is 15.2. The topological polar surface area (TPSA) is 53.4 Å². The van der Waals surface area contributed by atoms with Crippen molar-refractivity contribution in [3.8, 4) is 22.9 Å². The van der Waals surface area contributed by atoms with Crippen molar-refractivity contribution in [2.24, 2.45) is 0 Å². The van der Waals surface area contributed by atoms with Crippen LogP contribution < -0.4 is 15.0 Å². The predicted molar refractivity (Wildman–Crippen MR) is 108 cm³/mol. The van der Waals surface area contributed by atoms with Gasteiger partial charge in [-0.25, -0.2) is 0 Å². The van der Waals surface area contributed by atoms with Crippen LogP contribution in [0.3, 0.4) is 0 Å². The smallest absolute Gasteiger partial charge is 0.300 e. The van der Waals surface area contributed by atoms with Crippen LogP contribution in [0.2, 0.25) is 0 Å². The van der Waals surface area contributed by atoms with E-state index in [9.17, 15) is 4.79 Å². The summed E-state index contributed by atoms with van der Waals surface area (Å²) in [6.45, 7) is 1.02. The Balaban J connectivity index is 1.29. The fourth-order valence-electron chi connectivity index (χ4n) is 3.54. The molecule has 5 nitrogen and oxygen atoms in total. The van der Waals surface area contributed by atoms with E-state index in [0.29, 0.717) is 19.2 Å². The molecule has 138 valence electrons. The average Bonchev–Trinajstić information content (AvgIpc) is 3.14. The van der Waals surface area contributed by atoms with Gasteiger partial charge in [-0.1, -0.05) is 54.6 Å². The van der Waals surface area contributed by atoms with E-state index in [0.717, 1.165) is 11.3 Å². The van der Waals surface area contributed by atoms with Gasteiger partial charge in [0.1, 0.15) is 12.4 Å². The van der Waals surface area contributed by atoms with Crippen LogP contribution in [-0.2, 0) is 6.54 Å². The van der Waals surface area contributed by atoms with Gasteiger partial charge in [0.15, 0.2) is 6.10 Å². The Bertz CT molecular complexity index is 1190. The van der Waals surface area contributed by atoms with Crippen LogP contribution in [0.1, 0.15) is 0 Å². The quantitative estimate of drug-likeness (QED) is 0.547. The first-order chi connectivity index (χ1) is 13.8. The summed E-state index contributed by atoms with van der Waals surface area (Å²) >= 11 is 0. The number of hydrogen-bond acceptors (Lipinski definition) is 4. The van der Waals surface area contributed by atoms with E-state index in [-0.39, 0.29) is 11.7 Å². The van der Waals surface area contributed by atoms with Gasteiger partial charge < -0.3 is 9.47 Å². The second-order valence-corrected chi connectivity index (χ2v) is 6.80. The van der Waals surface area contributed by atoms with Gasteiger partial charge in [-0.3, -0.25) is 9.36 Å². The molecule has 1 aliphatic heterocycles. The lowest BCUT2D eigenvalue weighted by Gasteiger charge is -2.12. The first-order valence-corrected chi connectivity index (χ1v) is 9.21. The van der Waals surface area contributed by atoms with Gasteiger partial charge in [0.25, 0.3) is 11.6 Å². The zero-order valence-electron chi connectivity index (χ0n) is 15.1. The van der Waals surface area contributed by atoms with E-state index in [1.165, 1.54) is 22.4 Å². The molecule has 1 unspecified atom stereocenters. The predicted octanol–water partition coefficient (Wildman–Crippen LogP) is 3.90. The zero-order chi connectivity index (χ0) is 18.9. The highest BCUT2D eigenvalue weighted by Crippen LogP contribution is 2.30. The van der Waals surface area contributed by atoms with Crippen molar-refractivity contribution in [1.29, 1.82) is 0 Å². The van der Waals surface area contributed by atoms with Crippen molar-refractivity contribution in [3.05, 3.63) is 89.3 Å². The Morgan fingerprint density at radius 3 is 2.71 bits per heavy atom. The maximum Gasteiger partial charge on any atom is 0.300 e. The van der Waals surface area contributed by atoms with E-state index >= 15 is 0 Å². The molecular weight excluding hydrogens is 352 g/mol. The number of nitrogens with zero attached hydrogens (tertiary/aromatic N) is 2. The molecule has 0 saturated heterocycles. The minimum Gasteiger partial charge on any atom is -0.490 e. The number of benzene rings is 3. The van der Waals surface area contributed by atoms with Gasteiger partial charge in [0.05, 0.1) is 6.54 Å². The van der Waals surface area contributed by atoms with E-state index < -0.39 is 0 Å². The van der Waals surface area contributed by atoms with Gasteiger partial charge in [-0.05, 0) is 34.0 Å². The molecule has 0 saturated carbocycles. The molecule has 1 aromatic heterocycles. The lowest BCUT2D eigenvalue weighted by atomic mass is 9.98. The van der Waals surface area contributed by atoms with Gasteiger partial charge in [-0.15, -0.1) is 0 Å². The first kappa shape index (κ1) is 16.6. The second kappa shape index (κ2) is 6.85. The Hall–Kier alpha value is -3.60. The molecule has 2 heterocycles. The minimum absolute atomic E-state index is 0.160. The van der Waals surface area contributed by atoms with Gasteiger partial charge in [-0.2, -0.15) is 4.98 Å². The van der Waals surface area contributed by atoms with Crippen molar-refractivity contribution in [2.45, 2.75) is 12.6 Å². The van der Waals surface area contributed by atoms with Gasteiger partial charge in [0.2, 0.25) is 0 Å². The summed E-state index contributed by atoms with van der Waals surface area (Å²) < 4.78 is 13.4. The molecule has 5 heteroatoms. The van der Waals surface area contributed by atoms with E-state index in [2.05, 4.69) is 59.6 Å². The average molecular weight is 370 g/mol. The highest BCUT2D eigenvalue weighted by molar-refractivity contribution is 5.96. The van der Waals surface area contributed by atoms with Crippen molar-refractivity contribution < 1.29 is 9.47 Å². The summed E-state index contributed by atoms with van der Waals surface area (Å²) in [5.41, 5.74) is 2.06. The number of fused-ring (bicyclic) bond motifs is 2. The Kier molecular flexibility index (Phi) is 4.05. The third-order valence-electron chi connectivity index (χ3n) is 4.91. The van der Waals surface area contributed by atoms with Crippen LogP contribution >= 0.6 is 0 Å². The van der Waals surface area contributed by atoms with Crippen LogP contribution in [0, 0.1) is 0 Å². The van der Waals surface area contributed by atoms with Crippen LogP contribution in [0.5, 0.6) is 11.8 Å². The second-order valence-electron chi connectivity index (χ2n) is 6.80. The molecular formula is C23H18N2O3. The largest absolute Gasteiger partial charge is 0.490 e. The molecule has 28 heavy (non-hydrogen) atoms. The maximum atomic E-state index is 11.3. The lowest BCUT2D eigenvalue weighted by molar-refractivity contribution is 0.143.